The molecule has 0 aromatic carbocycles. The van der Waals surface area contributed by atoms with Crippen molar-refractivity contribution in [3.05, 3.63) is 0 Å². The van der Waals surface area contributed by atoms with Gasteiger partial charge in [-0.3, -0.25) is 9.59 Å². The second kappa shape index (κ2) is 9.19. The number of carbonyl (C=O) groups excluding carboxylic acids is 2. The van der Waals surface area contributed by atoms with E-state index in [0.29, 0.717) is 23.7 Å². The van der Waals surface area contributed by atoms with E-state index in [9.17, 15) is 9.59 Å². The lowest BCUT2D eigenvalue weighted by atomic mass is 9.45. The largest absolute Gasteiger partial charge is 0.461 e. The first-order chi connectivity index (χ1) is 15.5. The highest BCUT2D eigenvalue weighted by atomic mass is 16.5. The smallest absolute Gasteiger partial charge is 0.302 e. The minimum Gasteiger partial charge on any atom is -0.461 e. The standard InChI is InChI=1S/C29H49NO3/c1-18(2)9-8-10-19(3)22-12-13-23-21-11-14-25-29(6,24(21)15-16-28(22,23)5)26(33-20(4)31)17-27(32)30(25)7/h18-19,21-26H,8-17H2,1-7H3/t19-,21+,22-,23+,24+,25-,26?,28-,29-/m1/s1. The van der Waals surface area contributed by atoms with E-state index in [1.807, 2.05) is 11.9 Å². The van der Waals surface area contributed by atoms with Crippen LogP contribution in [0.1, 0.15) is 106 Å². The van der Waals surface area contributed by atoms with Crippen molar-refractivity contribution < 1.29 is 14.3 Å². The topological polar surface area (TPSA) is 46.6 Å². The summed E-state index contributed by atoms with van der Waals surface area (Å²) in [4.78, 5) is 26.8. The van der Waals surface area contributed by atoms with Gasteiger partial charge in [-0.25, -0.2) is 0 Å². The predicted molar refractivity (Wildman–Crippen MR) is 132 cm³/mol. The fourth-order valence-corrected chi connectivity index (χ4v) is 9.52. The monoisotopic (exact) mass is 459 g/mol. The number of hydrogen-bond acceptors (Lipinski definition) is 3. The molecule has 4 heteroatoms. The average Bonchev–Trinajstić information content (AvgIpc) is 3.09. The Bertz CT molecular complexity index is 749. The molecule has 9 atom stereocenters. The van der Waals surface area contributed by atoms with Crippen LogP contribution in [0.2, 0.25) is 0 Å². The Balaban J connectivity index is 1.56. The number of carbonyl (C=O) groups is 2. The van der Waals surface area contributed by atoms with Crippen molar-refractivity contribution in [2.75, 3.05) is 7.05 Å². The molecule has 33 heavy (non-hydrogen) atoms. The molecular formula is C29H49NO3. The lowest BCUT2D eigenvalue weighted by Crippen LogP contribution is -2.67. The van der Waals surface area contributed by atoms with Crippen LogP contribution in [-0.2, 0) is 14.3 Å². The minimum atomic E-state index is -0.270. The van der Waals surface area contributed by atoms with Crippen molar-refractivity contribution in [1.29, 1.82) is 0 Å². The quantitative estimate of drug-likeness (QED) is 0.428. The van der Waals surface area contributed by atoms with Crippen LogP contribution in [0.25, 0.3) is 0 Å². The molecule has 1 aliphatic heterocycles. The molecule has 0 bridgehead atoms. The Hall–Kier alpha value is -1.06. The average molecular weight is 460 g/mol. The van der Waals surface area contributed by atoms with Crippen LogP contribution < -0.4 is 0 Å². The number of piperidine rings is 1. The number of hydrogen-bond donors (Lipinski definition) is 0. The van der Waals surface area contributed by atoms with Crippen LogP contribution in [0, 0.1) is 46.3 Å². The number of nitrogens with zero attached hydrogens (tertiary/aromatic N) is 1. The van der Waals surface area contributed by atoms with Gasteiger partial charge in [-0.1, -0.05) is 53.9 Å². The van der Waals surface area contributed by atoms with Crippen molar-refractivity contribution in [2.45, 2.75) is 118 Å². The zero-order chi connectivity index (χ0) is 24.1. The van der Waals surface area contributed by atoms with Gasteiger partial charge in [0, 0.05) is 25.4 Å². The Kier molecular flexibility index (Phi) is 6.97. The minimum absolute atomic E-state index is 0.125. The van der Waals surface area contributed by atoms with Crippen molar-refractivity contribution in [3.63, 3.8) is 0 Å². The van der Waals surface area contributed by atoms with E-state index >= 15 is 0 Å². The molecule has 3 aliphatic carbocycles. The van der Waals surface area contributed by atoms with Gasteiger partial charge >= 0.3 is 5.97 Å². The van der Waals surface area contributed by atoms with Crippen molar-refractivity contribution in [1.82, 2.24) is 4.90 Å². The Morgan fingerprint density at radius 2 is 1.79 bits per heavy atom. The fourth-order valence-electron chi connectivity index (χ4n) is 9.52. The summed E-state index contributed by atoms with van der Waals surface area (Å²) in [6.07, 6.45) is 11.7. The Morgan fingerprint density at radius 1 is 1.06 bits per heavy atom. The van der Waals surface area contributed by atoms with Crippen molar-refractivity contribution in [2.24, 2.45) is 46.3 Å². The normalized spacial score (nSPS) is 43.6. The van der Waals surface area contributed by atoms with Crippen LogP contribution in [0.3, 0.4) is 0 Å². The van der Waals surface area contributed by atoms with Gasteiger partial charge in [0.25, 0.3) is 0 Å². The molecule has 1 saturated heterocycles. The van der Waals surface area contributed by atoms with Gasteiger partial charge < -0.3 is 9.64 Å². The van der Waals surface area contributed by atoms with Gasteiger partial charge in [-0.15, -0.1) is 0 Å². The fraction of sp³-hybridized carbons (Fsp3) is 0.931. The van der Waals surface area contributed by atoms with Crippen LogP contribution >= 0.6 is 0 Å². The summed E-state index contributed by atoms with van der Waals surface area (Å²) in [5.41, 5.74) is 0.328. The van der Waals surface area contributed by atoms with E-state index < -0.39 is 0 Å². The van der Waals surface area contributed by atoms with E-state index in [4.69, 9.17) is 4.74 Å². The molecule has 4 nitrogen and oxygen atoms in total. The summed E-state index contributed by atoms with van der Waals surface area (Å²) in [6.45, 7) is 13.7. The van der Waals surface area contributed by atoms with Crippen LogP contribution in [0.5, 0.6) is 0 Å². The third-order valence-corrected chi connectivity index (χ3v) is 11.2. The number of fused-ring (bicyclic) bond motifs is 5. The Morgan fingerprint density at radius 3 is 2.45 bits per heavy atom. The molecule has 0 N–H and O–H groups in total. The molecule has 0 radical (unpaired) electrons. The van der Waals surface area contributed by atoms with Gasteiger partial charge in [0.2, 0.25) is 5.91 Å². The maximum Gasteiger partial charge on any atom is 0.302 e. The molecule has 1 amide bonds. The van der Waals surface area contributed by atoms with E-state index in [1.54, 1.807) is 0 Å². The summed E-state index contributed by atoms with van der Waals surface area (Å²) in [7, 11) is 1.98. The molecule has 4 rings (SSSR count). The lowest BCUT2D eigenvalue weighted by Gasteiger charge is -2.63. The second-order valence-corrected chi connectivity index (χ2v) is 13.2. The van der Waals surface area contributed by atoms with Crippen LogP contribution in [0.15, 0.2) is 0 Å². The zero-order valence-electron chi connectivity index (χ0n) is 22.4. The van der Waals surface area contributed by atoms with Gasteiger partial charge in [0.05, 0.1) is 6.42 Å². The van der Waals surface area contributed by atoms with E-state index in [0.717, 1.165) is 30.1 Å². The number of esters is 1. The molecule has 188 valence electrons. The van der Waals surface area contributed by atoms with Crippen molar-refractivity contribution in [3.8, 4) is 0 Å². The Labute approximate surface area is 202 Å². The van der Waals surface area contributed by atoms with E-state index in [-0.39, 0.29) is 29.4 Å². The molecule has 4 aliphatic rings. The van der Waals surface area contributed by atoms with Gasteiger partial charge in [0.15, 0.2) is 0 Å². The third-order valence-electron chi connectivity index (χ3n) is 11.2. The van der Waals surface area contributed by atoms with Crippen molar-refractivity contribution >= 4 is 11.9 Å². The molecule has 3 saturated carbocycles. The number of likely N-dealkylation sites (tertiary alicyclic amines) is 1. The zero-order valence-corrected chi connectivity index (χ0v) is 22.4. The molecule has 1 heterocycles. The van der Waals surface area contributed by atoms with Gasteiger partial charge in [-0.2, -0.15) is 0 Å². The molecule has 0 aromatic heterocycles. The first-order valence-corrected chi connectivity index (χ1v) is 13.9. The highest BCUT2D eigenvalue weighted by Gasteiger charge is 2.64. The molecule has 4 fully saturated rings. The molecule has 1 unspecified atom stereocenters. The highest BCUT2D eigenvalue weighted by molar-refractivity contribution is 5.79. The van der Waals surface area contributed by atoms with E-state index in [1.165, 1.54) is 58.3 Å². The first kappa shape index (κ1) is 25.0. The summed E-state index contributed by atoms with van der Waals surface area (Å²) in [5.74, 6) is 4.40. The van der Waals surface area contributed by atoms with E-state index in [2.05, 4.69) is 34.6 Å². The SMILES string of the molecule is CC(=O)OC1CC(=O)N(C)[C@@H]2CC[C@H]3[C@@H]4CC[C@H]([C@H](C)CCCC(C)C)[C@@]4(C)CC[C@@H]3[C@@]12C. The first-order valence-electron chi connectivity index (χ1n) is 13.9. The summed E-state index contributed by atoms with van der Waals surface area (Å²) >= 11 is 0. The summed E-state index contributed by atoms with van der Waals surface area (Å²) in [6, 6.07) is 0.195. The predicted octanol–water partition coefficient (Wildman–Crippen LogP) is 6.47. The molecular weight excluding hydrogens is 410 g/mol. The van der Waals surface area contributed by atoms with Crippen LogP contribution in [-0.4, -0.2) is 36.0 Å². The number of rotatable bonds is 6. The second-order valence-electron chi connectivity index (χ2n) is 13.2. The third kappa shape index (κ3) is 4.16. The maximum atomic E-state index is 12.8. The molecule has 0 spiro atoms. The number of ether oxygens (including phenoxy) is 1. The number of amides is 1. The summed E-state index contributed by atoms with van der Waals surface area (Å²) in [5, 5.41) is 0. The van der Waals surface area contributed by atoms with Gasteiger partial charge in [-0.05, 0) is 79.4 Å². The summed E-state index contributed by atoms with van der Waals surface area (Å²) < 4.78 is 5.90. The highest BCUT2D eigenvalue weighted by Crippen LogP contribution is 2.67. The lowest BCUT2D eigenvalue weighted by molar-refractivity contribution is -0.200. The van der Waals surface area contributed by atoms with Gasteiger partial charge in [0.1, 0.15) is 6.10 Å². The van der Waals surface area contributed by atoms with Crippen LogP contribution in [0.4, 0.5) is 0 Å². The molecule has 0 aromatic rings. The maximum absolute atomic E-state index is 12.8.